The Morgan fingerprint density at radius 2 is 1.92 bits per heavy atom. The number of carbonyl (C=O) groups excluding carboxylic acids is 1. The molecule has 25 heavy (non-hydrogen) atoms. The standard InChI is InChI=1S/C21H22N2O2/c1-4-22-21(24)19-12-16(11-15-10-9-14(2)23-13-15)17-7-5-6-8-18(17)20(19)25-3/h5-10,12-13H,4,11H2,1-3H3,(H,22,24). The van der Waals surface area contributed by atoms with E-state index in [1.165, 1.54) is 0 Å². The molecule has 4 heteroatoms. The van der Waals surface area contributed by atoms with Gasteiger partial charge in [0, 0.05) is 23.8 Å². The summed E-state index contributed by atoms with van der Waals surface area (Å²) in [4.78, 5) is 16.9. The van der Waals surface area contributed by atoms with Crippen LogP contribution in [0, 0.1) is 6.92 Å². The van der Waals surface area contributed by atoms with E-state index in [-0.39, 0.29) is 5.91 Å². The Labute approximate surface area is 147 Å². The molecule has 1 heterocycles. The Bertz CT molecular complexity index is 902. The van der Waals surface area contributed by atoms with Crippen LogP contribution < -0.4 is 10.1 Å². The normalized spacial score (nSPS) is 10.7. The van der Waals surface area contributed by atoms with Gasteiger partial charge in [-0.25, -0.2) is 0 Å². The summed E-state index contributed by atoms with van der Waals surface area (Å²) in [6, 6.07) is 14.0. The third-order valence-electron chi connectivity index (χ3n) is 4.23. The van der Waals surface area contributed by atoms with E-state index in [0.29, 0.717) is 24.3 Å². The molecule has 0 atom stereocenters. The molecular formula is C21H22N2O2. The van der Waals surface area contributed by atoms with Crippen LogP contribution in [0.15, 0.2) is 48.7 Å². The molecule has 0 aliphatic carbocycles. The fourth-order valence-electron chi connectivity index (χ4n) is 3.04. The minimum atomic E-state index is -0.117. The molecule has 1 N–H and O–H groups in total. The lowest BCUT2D eigenvalue weighted by molar-refractivity contribution is 0.0953. The van der Waals surface area contributed by atoms with Gasteiger partial charge in [-0.1, -0.05) is 30.3 Å². The van der Waals surface area contributed by atoms with Gasteiger partial charge >= 0.3 is 0 Å². The van der Waals surface area contributed by atoms with Crippen LogP contribution in [0.4, 0.5) is 0 Å². The number of pyridine rings is 1. The first-order valence-corrected chi connectivity index (χ1v) is 8.42. The van der Waals surface area contributed by atoms with E-state index in [9.17, 15) is 4.79 Å². The maximum Gasteiger partial charge on any atom is 0.255 e. The number of fused-ring (bicyclic) bond motifs is 1. The van der Waals surface area contributed by atoms with E-state index in [0.717, 1.165) is 27.6 Å². The van der Waals surface area contributed by atoms with Crippen molar-refractivity contribution in [1.29, 1.82) is 0 Å². The summed E-state index contributed by atoms with van der Waals surface area (Å²) < 4.78 is 5.57. The number of hydrogen-bond donors (Lipinski definition) is 1. The number of benzene rings is 2. The average molecular weight is 334 g/mol. The lowest BCUT2D eigenvalue weighted by Crippen LogP contribution is -2.23. The highest BCUT2D eigenvalue weighted by Gasteiger charge is 2.18. The summed E-state index contributed by atoms with van der Waals surface area (Å²) in [5, 5.41) is 4.91. The van der Waals surface area contributed by atoms with E-state index < -0.39 is 0 Å². The predicted octanol–water partition coefficient (Wildman–Crippen LogP) is 3.89. The summed E-state index contributed by atoms with van der Waals surface area (Å²) in [5.74, 6) is 0.501. The minimum absolute atomic E-state index is 0.117. The first-order chi connectivity index (χ1) is 12.1. The molecule has 0 fully saturated rings. The van der Waals surface area contributed by atoms with Gasteiger partial charge in [0.15, 0.2) is 0 Å². The van der Waals surface area contributed by atoms with Crippen molar-refractivity contribution in [3.63, 3.8) is 0 Å². The second-order valence-corrected chi connectivity index (χ2v) is 6.01. The Kier molecular flexibility index (Phi) is 4.98. The van der Waals surface area contributed by atoms with E-state index >= 15 is 0 Å². The zero-order chi connectivity index (χ0) is 17.8. The zero-order valence-electron chi connectivity index (χ0n) is 14.8. The van der Waals surface area contributed by atoms with Gasteiger partial charge in [-0.2, -0.15) is 0 Å². The summed E-state index contributed by atoms with van der Waals surface area (Å²) >= 11 is 0. The van der Waals surface area contributed by atoms with Gasteiger partial charge in [0.25, 0.3) is 5.91 Å². The highest BCUT2D eigenvalue weighted by Crippen LogP contribution is 2.33. The molecule has 2 aromatic carbocycles. The largest absolute Gasteiger partial charge is 0.495 e. The number of hydrogen-bond acceptors (Lipinski definition) is 3. The third-order valence-corrected chi connectivity index (χ3v) is 4.23. The molecule has 0 saturated carbocycles. The molecular weight excluding hydrogens is 312 g/mol. The Balaban J connectivity index is 2.16. The molecule has 0 spiro atoms. The van der Waals surface area contributed by atoms with Crippen molar-refractivity contribution in [1.82, 2.24) is 10.3 Å². The molecule has 3 aromatic rings. The monoisotopic (exact) mass is 334 g/mol. The Morgan fingerprint density at radius 1 is 1.16 bits per heavy atom. The van der Waals surface area contributed by atoms with Crippen molar-refractivity contribution >= 4 is 16.7 Å². The average Bonchev–Trinajstić information content (AvgIpc) is 2.63. The fourth-order valence-corrected chi connectivity index (χ4v) is 3.04. The van der Waals surface area contributed by atoms with Gasteiger partial charge in [0.2, 0.25) is 0 Å². The summed E-state index contributed by atoms with van der Waals surface area (Å²) in [5.41, 5.74) is 3.76. The first kappa shape index (κ1) is 17.0. The smallest absolute Gasteiger partial charge is 0.255 e. The fraction of sp³-hybridized carbons (Fsp3) is 0.238. The molecule has 0 saturated heterocycles. The number of nitrogens with one attached hydrogen (secondary N) is 1. The maximum atomic E-state index is 12.5. The molecule has 3 rings (SSSR count). The molecule has 1 amide bonds. The van der Waals surface area contributed by atoms with Crippen LogP contribution in [-0.4, -0.2) is 24.5 Å². The molecule has 128 valence electrons. The molecule has 0 unspecified atom stereocenters. The lowest BCUT2D eigenvalue weighted by atomic mass is 9.95. The number of methoxy groups -OCH3 is 1. The Hall–Kier alpha value is -2.88. The number of aryl methyl sites for hydroxylation is 1. The second-order valence-electron chi connectivity index (χ2n) is 6.01. The zero-order valence-corrected chi connectivity index (χ0v) is 14.8. The highest BCUT2D eigenvalue weighted by atomic mass is 16.5. The second kappa shape index (κ2) is 7.34. The SMILES string of the molecule is CCNC(=O)c1cc(Cc2ccc(C)nc2)c2ccccc2c1OC. The predicted molar refractivity (Wildman–Crippen MR) is 100 cm³/mol. The van der Waals surface area contributed by atoms with E-state index in [4.69, 9.17) is 4.74 Å². The minimum Gasteiger partial charge on any atom is -0.495 e. The van der Waals surface area contributed by atoms with Crippen molar-refractivity contribution in [2.75, 3.05) is 13.7 Å². The van der Waals surface area contributed by atoms with Crippen LogP contribution >= 0.6 is 0 Å². The van der Waals surface area contributed by atoms with Gasteiger partial charge in [-0.05, 0) is 48.9 Å². The highest BCUT2D eigenvalue weighted by molar-refractivity contribution is 6.05. The van der Waals surface area contributed by atoms with Crippen molar-refractivity contribution in [3.05, 3.63) is 71.0 Å². The van der Waals surface area contributed by atoms with E-state index in [1.807, 2.05) is 50.4 Å². The van der Waals surface area contributed by atoms with E-state index in [1.54, 1.807) is 7.11 Å². The van der Waals surface area contributed by atoms with Crippen LogP contribution in [0.1, 0.15) is 34.1 Å². The number of nitrogens with zero attached hydrogens (tertiary/aromatic N) is 1. The molecule has 4 nitrogen and oxygen atoms in total. The number of ether oxygens (including phenoxy) is 1. The van der Waals surface area contributed by atoms with Gasteiger partial charge in [0.05, 0.1) is 12.7 Å². The summed E-state index contributed by atoms with van der Waals surface area (Å²) in [6.07, 6.45) is 2.60. The number of aromatic nitrogens is 1. The van der Waals surface area contributed by atoms with Gasteiger partial charge in [-0.15, -0.1) is 0 Å². The van der Waals surface area contributed by atoms with Crippen LogP contribution in [0.3, 0.4) is 0 Å². The van der Waals surface area contributed by atoms with Crippen LogP contribution in [0.5, 0.6) is 5.75 Å². The molecule has 1 aromatic heterocycles. The topological polar surface area (TPSA) is 51.2 Å². The molecule has 0 aliphatic rings. The summed E-state index contributed by atoms with van der Waals surface area (Å²) in [6.45, 7) is 4.45. The van der Waals surface area contributed by atoms with Gasteiger partial charge in [0.1, 0.15) is 5.75 Å². The molecule has 0 aliphatic heterocycles. The van der Waals surface area contributed by atoms with Crippen LogP contribution in [0.2, 0.25) is 0 Å². The van der Waals surface area contributed by atoms with Crippen LogP contribution in [0.25, 0.3) is 10.8 Å². The maximum absolute atomic E-state index is 12.5. The van der Waals surface area contributed by atoms with Crippen molar-refractivity contribution in [3.8, 4) is 5.75 Å². The van der Waals surface area contributed by atoms with Gasteiger partial charge < -0.3 is 10.1 Å². The third kappa shape index (κ3) is 3.48. The van der Waals surface area contributed by atoms with Crippen molar-refractivity contribution in [2.24, 2.45) is 0 Å². The van der Waals surface area contributed by atoms with Crippen molar-refractivity contribution in [2.45, 2.75) is 20.3 Å². The number of carbonyl (C=O) groups is 1. The molecule has 0 bridgehead atoms. The van der Waals surface area contributed by atoms with E-state index in [2.05, 4.69) is 22.4 Å². The Morgan fingerprint density at radius 3 is 2.56 bits per heavy atom. The van der Waals surface area contributed by atoms with Gasteiger partial charge in [-0.3, -0.25) is 9.78 Å². The van der Waals surface area contributed by atoms with Crippen molar-refractivity contribution < 1.29 is 9.53 Å². The first-order valence-electron chi connectivity index (χ1n) is 8.42. The number of rotatable bonds is 5. The quantitative estimate of drug-likeness (QED) is 0.770. The summed E-state index contributed by atoms with van der Waals surface area (Å²) in [7, 11) is 1.61. The number of amides is 1. The molecule has 0 radical (unpaired) electrons. The lowest BCUT2D eigenvalue weighted by Gasteiger charge is -2.15. The van der Waals surface area contributed by atoms with Crippen LogP contribution in [-0.2, 0) is 6.42 Å².